The van der Waals surface area contributed by atoms with Crippen molar-refractivity contribution in [2.45, 2.75) is 55.7 Å². The molecule has 1 atom stereocenters. The largest absolute Gasteiger partial charge is 0.381 e. The van der Waals surface area contributed by atoms with Gasteiger partial charge in [-0.3, -0.25) is 4.79 Å². The van der Waals surface area contributed by atoms with Crippen LogP contribution < -0.4 is 5.73 Å². The number of carbonyl (C=O) groups is 1. The zero-order chi connectivity index (χ0) is 14.7. The number of hydrogen-bond donors (Lipinski definition) is 1. The average Bonchev–Trinajstić information content (AvgIpc) is 2.55. The molecular weight excluding hydrogens is 284 g/mol. The molecule has 1 saturated carbocycles. The topological polar surface area (TPSA) is 55.6 Å². The number of carbonyl (C=O) groups excluding carboxylic acids is 1. The molecule has 3 fully saturated rings. The molecule has 2 heterocycles. The molecule has 2 aliphatic heterocycles. The van der Waals surface area contributed by atoms with Crippen LogP contribution in [0.15, 0.2) is 0 Å². The van der Waals surface area contributed by atoms with Crippen LogP contribution in [-0.2, 0) is 9.53 Å². The van der Waals surface area contributed by atoms with Crippen LogP contribution in [0, 0.1) is 5.92 Å². The second-order valence-electron chi connectivity index (χ2n) is 6.83. The van der Waals surface area contributed by atoms with Crippen molar-refractivity contribution in [1.82, 2.24) is 4.90 Å². The molecule has 1 spiro atoms. The highest BCUT2D eigenvalue weighted by molar-refractivity contribution is 8.00. The van der Waals surface area contributed by atoms with Gasteiger partial charge in [-0.05, 0) is 31.6 Å². The van der Waals surface area contributed by atoms with Crippen LogP contribution in [0.1, 0.15) is 44.9 Å². The standard InChI is InChI=1S/C16H28N2O2S/c17-14(13-4-9-20-10-5-13)15(19)18-8-11-21-16(12-18)6-2-1-3-7-16/h13-14H,1-12,17H2. The van der Waals surface area contributed by atoms with Crippen LogP contribution in [0.4, 0.5) is 0 Å². The lowest BCUT2D eigenvalue weighted by atomic mass is 9.87. The Morgan fingerprint density at radius 3 is 2.67 bits per heavy atom. The number of ether oxygens (including phenoxy) is 1. The number of rotatable bonds is 2. The molecule has 4 nitrogen and oxygen atoms in total. The minimum Gasteiger partial charge on any atom is -0.381 e. The van der Waals surface area contributed by atoms with Crippen molar-refractivity contribution in [3.05, 3.63) is 0 Å². The van der Waals surface area contributed by atoms with Gasteiger partial charge in [0.15, 0.2) is 0 Å². The van der Waals surface area contributed by atoms with Crippen molar-refractivity contribution in [2.75, 3.05) is 32.1 Å². The third-order valence-electron chi connectivity index (χ3n) is 5.38. The lowest BCUT2D eigenvalue weighted by Crippen LogP contribution is -2.56. The van der Waals surface area contributed by atoms with Gasteiger partial charge < -0.3 is 15.4 Å². The Kier molecular flexibility index (Phi) is 5.12. The first-order chi connectivity index (χ1) is 10.2. The summed E-state index contributed by atoms with van der Waals surface area (Å²) in [6.07, 6.45) is 8.41. The van der Waals surface area contributed by atoms with Gasteiger partial charge in [-0.2, -0.15) is 11.8 Å². The Morgan fingerprint density at radius 1 is 1.24 bits per heavy atom. The van der Waals surface area contributed by atoms with Gasteiger partial charge >= 0.3 is 0 Å². The quantitative estimate of drug-likeness (QED) is 0.847. The van der Waals surface area contributed by atoms with Crippen molar-refractivity contribution >= 4 is 17.7 Å². The molecule has 3 aliphatic rings. The first-order valence-electron chi connectivity index (χ1n) is 8.46. The van der Waals surface area contributed by atoms with Crippen LogP contribution in [0.25, 0.3) is 0 Å². The van der Waals surface area contributed by atoms with E-state index in [9.17, 15) is 4.79 Å². The molecule has 0 aromatic carbocycles. The second kappa shape index (κ2) is 6.88. The maximum Gasteiger partial charge on any atom is 0.239 e. The number of hydrogen-bond acceptors (Lipinski definition) is 4. The van der Waals surface area contributed by atoms with E-state index >= 15 is 0 Å². The molecule has 1 aliphatic carbocycles. The summed E-state index contributed by atoms with van der Waals surface area (Å²) < 4.78 is 5.72. The molecule has 2 N–H and O–H groups in total. The molecule has 2 saturated heterocycles. The van der Waals surface area contributed by atoms with E-state index in [-0.39, 0.29) is 11.9 Å². The predicted octanol–water partition coefficient (Wildman–Crippen LogP) is 2.02. The molecule has 0 aromatic rings. The summed E-state index contributed by atoms with van der Waals surface area (Å²) in [7, 11) is 0. The fourth-order valence-corrected chi connectivity index (χ4v) is 5.59. The van der Waals surface area contributed by atoms with Crippen LogP contribution in [0.3, 0.4) is 0 Å². The normalized spacial score (nSPS) is 28.5. The molecule has 1 unspecified atom stereocenters. The molecule has 0 bridgehead atoms. The number of nitrogens with zero attached hydrogens (tertiary/aromatic N) is 1. The molecule has 1 amide bonds. The summed E-state index contributed by atoms with van der Waals surface area (Å²) in [4.78, 5) is 14.8. The molecule has 0 radical (unpaired) electrons. The Morgan fingerprint density at radius 2 is 1.95 bits per heavy atom. The highest BCUT2D eigenvalue weighted by atomic mass is 32.2. The highest BCUT2D eigenvalue weighted by Gasteiger charge is 2.40. The number of amides is 1. The first kappa shape index (κ1) is 15.6. The zero-order valence-corrected chi connectivity index (χ0v) is 13.7. The molecule has 120 valence electrons. The minimum absolute atomic E-state index is 0.187. The van der Waals surface area contributed by atoms with E-state index in [1.807, 2.05) is 0 Å². The fraction of sp³-hybridized carbons (Fsp3) is 0.938. The number of nitrogens with two attached hydrogens (primary N) is 1. The Hall–Kier alpha value is -0.260. The zero-order valence-electron chi connectivity index (χ0n) is 12.9. The maximum atomic E-state index is 12.8. The third kappa shape index (κ3) is 3.57. The van der Waals surface area contributed by atoms with Crippen LogP contribution in [0.2, 0.25) is 0 Å². The van der Waals surface area contributed by atoms with Crippen LogP contribution >= 0.6 is 11.8 Å². The summed E-state index contributed by atoms with van der Waals surface area (Å²) >= 11 is 2.10. The van der Waals surface area contributed by atoms with E-state index in [4.69, 9.17) is 10.5 Å². The minimum atomic E-state index is -0.322. The summed E-state index contributed by atoms with van der Waals surface area (Å²) in [5, 5.41) is 0. The Balaban J connectivity index is 1.60. The Bertz CT molecular complexity index is 360. The van der Waals surface area contributed by atoms with Crippen LogP contribution in [-0.4, -0.2) is 53.7 Å². The van der Waals surface area contributed by atoms with Gasteiger partial charge in [-0.15, -0.1) is 0 Å². The fourth-order valence-electron chi connectivity index (χ4n) is 4.02. The number of thioether (sulfide) groups is 1. The summed E-state index contributed by atoms with van der Waals surface area (Å²) in [5.74, 6) is 1.57. The summed E-state index contributed by atoms with van der Waals surface area (Å²) in [6.45, 7) is 3.31. The second-order valence-corrected chi connectivity index (χ2v) is 8.39. The molecule has 0 aromatic heterocycles. The van der Waals surface area contributed by atoms with Gasteiger partial charge in [0.25, 0.3) is 0 Å². The van der Waals surface area contributed by atoms with Gasteiger partial charge in [0.05, 0.1) is 6.04 Å². The lowest BCUT2D eigenvalue weighted by molar-refractivity contribution is -0.135. The van der Waals surface area contributed by atoms with E-state index in [2.05, 4.69) is 16.7 Å². The summed E-state index contributed by atoms with van der Waals surface area (Å²) in [5.41, 5.74) is 6.29. The van der Waals surface area contributed by atoms with E-state index in [0.29, 0.717) is 10.7 Å². The van der Waals surface area contributed by atoms with Gasteiger partial charge in [0, 0.05) is 36.8 Å². The van der Waals surface area contributed by atoms with E-state index in [0.717, 1.165) is 44.9 Å². The van der Waals surface area contributed by atoms with Crippen molar-refractivity contribution in [1.29, 1.82) is 0 Å². The van der Waals surface area contributed by atoms with Crippen molar-refractivity contribution in [3.63, 3.8) is 0 Å². The van der Waals surface area contributed by atoms with Crippen molar-refractivity contribution in [2.24, 2.45) is 11.7 Å². The maximum absolute atomic E-state index is 12.8. The molecule has 5 heteroatoms. The van der Waals surface area contributed by atoms with Crippen LogP contribution in [0.5, 0.6) is 0 Å². The monoisotopic (exact) mass is 312 g/mol. The van der Waals surface area contributed by atoms with E-state index in [1.165, 1.54) is 32.1 Å². The first-order valence-corrected chi connectivity index (χ1v) is 9.45. The highest BCUT2D eigenvalue weighted by Crippen LogP contribution is 2.42. The molecular formula is C16H28N2O2S. The van der Waals surface area contributed by atoms with E-state index in [1.54, 1.807) is 0 Å². The van der Waals surface area contributed by atoms with Gasteiger partial charge in [-0.1, -0.05) is 19.3 Å². The van der Waals surface area contributed by atoms with Crippen molar-refractivity contribution < 1.29 is 9.53 Å². The molecule has 21 heavy (non-hydrogen) atoms. The molecule has 3 rings (SSSR count). The van der Waals surface area contributed by atoms with Gasteiger partial charge in [-0.25, -0.2) is 0 Å². The predicted molar refractivity (Wildman–Crippen MR) is 86.4 cm³/mol. The average molecular weight is 312 g/mol. The van der Waals surface area contributed by atoms with E-state index < -0.39 is 0 Å². The van der Waals surface area contributed by atoms with Gasteiger partial charge in [0.1, 0.15) is 0 Å². The third-order valence-corrected chi connectivity index (χ3v) is 6.92. The lowest BCUT2D eigenvalue weighted by Gasteiger charge is -2.45. The van der Waals surface area contributed by atoms with Gasteiger partial charge in [0.2, 0.25) is 5.91 Å². The van der Waals surface area contributed by atoms with Crippen molar-refractivity contribution in [3.8, 4) is 0 Å². The summed E-state index contributed by atoms with van der Waals surface area (Å²) in [6, 6.07) is -0.322. The Labute approximate surface area is 132 Å². The smallest absolute Gasteiger partial charge is 0.239 e. The SMILES string of the molecule is NC(C(=O)N1CCSC2(CCCCC2)C1)C1CCOCC1.